The van der Waals surface area contributed by atoms with Crippen molar-refractivity contribution in [1.82, 2.24) is 5.32 Å². The first kappa shape index (κ1) is 14.5. The van der Waals surface area contributed by atoms with Crippen molar-refractivity contribution in [3.8, 4) is 5.75 Å². The van der Waals surface area contributed by atoms with Crippen LogP contribution in [0.5, 0.6) is 5.75 Å². The van der Waals surface area contributed by atoms with Crippen LogP contribution in [0.1, 0.15) is 36.6 Å². The number of rotatable bonds is 3. The molecule has 0 bridgehead atoms. The number of ether oxygens (including phenoxy) is 1. The molecule has 0 saturated carbocycles. The van der Waals surface area contributed by atoms with Gasteiger partial charge < -0.3 is 10.1 Å². The van der Waals surface area contributed by atoms with Crippen LogP contribution in [0.3, 0.4) is 0 Å². The van der Waals surface area contributed by atoms with Gasteiger partial charge in [-0.15, -0.1) is 0 Å². The number of fused-ring (bicyclic) bond motifs is 1. The second-order valence-corrected chi connectivity index (χ2v) is 6.11. The van der Waals surface area contributed by atoms with E-state index in [0.29, 0.717) is 0 Å². The van der Waals surface area contributed by atoms with Crippen LogP contribution in [0.15, 0.2) is 46.9 Å². The Morgan fingerprint density at radius 2 is 2.14 bits per heavy atom. The van der Waals surface area contributed by atoms with Gasteiger partial charge in [0.25, 0.3) is 0 Å². The van der Waals surface area contributed by atoms with Crippen LogP contribution in [-0.2, 0) is 0 Å². The van der Waals surface area contributed by atoms with Gasteiger partial charge in [0.05, 0.1) is 0 Å². The Kier molecular flexibility index (Phi) is 4.27. The molecule has 1 heterocycles. The fourth-order valence-corrected chi connectivity index (χ4v) is 3.13. The lowest BCUT2D eigenvalue weighted by atomic mass is 9.93. The Bertz CT molecular complexity index is 646. The SMILES string of the molecule is CCNC1CC(c2cccc(F)c2)Oc2cc(Br)ccc21. The maximum absolute atomic E-state index is 13.4. The van der Waals surface area contributed by atoms with Gasteiger partial charge in [0.15, 0.2) is 0 Å². The van der Waals surface area contributed by atoms with Gasteiger partial charge in [-0.2, -0.15) is 0 Å². The Balaban J connectivity index is 1.96. The molecule has 0 spiro atoms. The number of nitrogens with one attached hydrogen (secondary N) is 1. The van der Waals surface area contributed by atoms with Gasteiger partial charge in [0, 0.05) is 22.5 Å². The van der Waals surface area contributed by atoms with Gasteiger partial charge in [0.2, 0.25) is 0 Å². The molecule has 1 N–H and O–H groups in total. The van der Waals surface area contributed by atoms with Crippen molar-refractivity contribution in [2.24, 2.45) is 0 Å². The van der Waals surface area contributed by atoms with Gasteiger partial charge >= 0.3 is 0 Å². The largest absolute Gasteiger partial charge is 0.485 e. The van der Waals surface area contributed by atoms with E-state index in [4.69, 9.17) is 4.74 Å². The topological polar surface area (TPSA) is 21.3 Å². The number of benzene rings is 2. The molecule has 21 heavy (non-hydrogen) atoms. The number of halogens is 2. The summed E-state index contributed by atoms with van der Waals surface area (Å²) in [7, 11) is 0. The summed E-state index contributed by atoms with van der Waals surface area (Å²) in [5.41, 5.74) is 2.04. The molecule has 1 aliphatic rings. The molecule has 0 saturated heterocycles. The zero-order chi connectivity index (χ0) is 14.8. The summed E-state index contributed by atoms with van der Waals surface area (Å²) < 4.78 is 20.5. The molecule has 3 rings (SSSR count). The van der Waals surface area contributed by atoms with E-state index in [1.807, 2.05) is 18.2 Å². The van der Waals surface area contributed by atoms with Crippen LogP contribution < -0.4 is 10.1 Å². The fourth-order valence-electron chi connectivity index (χ4n) is 2.79. The second-order valence-electron chi connectivity index (χ2n) is 5.19. The van der Waals surface area contributed by atoms with Crippen molar-refractivity contribution in [3.05, 3.63) is 63.9 Å². The summed E-state index contributed by atoms with van der Waals surface area (Å²) in [5.74, 6) is 0.631. The van der Waals surface area contributed by atoms with E-state index < -0.39 is 0 Å². The van der Waals surface area contributed by atoms with Crippen molar-refractivity contribution < 1.29 is 9.13 Å². The third-order valence-corrected chi connectivity index (χ3v) is 4.23. The molecule has 2 aromatic carbocycles. The predicted molar refractivity (Wildman–Crippen MR) is 84.9 cm³/mol. The molecule has 2 aromatic rings. The van der Waals surface area contributed by atoms with Crippen molar-refractivity contribution in [2.45, 2.75) is 25.5 Å². The smallest absolute Gasteiger partial charge is 0.126 e. The summed E-state index contributed by atoms with van der Waals surface area (Å²) in [6, 6.07) is 13.0. The van der Waals surface area contributed by atoms with Gasteiger partial charge in [-0.25, -0.2) is 4.39 Å². The molecule has 0 fully saturated rings. The number of hydrogen-bond acceptors (Lipinski definition) is 2. The van der Waals surface area contributed by atoms with Gasteiger partial charge in [-0.3, -0.25) is 0 Å². The molecular weight excluding hydrogens is 333 g/mol. The minimum Gasteiger partial charge on any atom is -0.485 e. The van der Waals surface area contributed by atoms with E-state index in [0.717, 1.165) is 34.3 Å². The van der Waals surface area contributed by atoms with Crippen LogP contribution >= 0.6 is 15.9 Å². The molecular formula is C17H17BrFNO. The lowest BCUT2D eigenvalue weighted by Gasteiger charge is -2.33. The first-order valence-corrected chi connectivity index (χ1v) is 7.91. The average molecular weight is 350 g/mol. The zero-order valence-corrected chi connectivity index (χ0v) is 13.4. The van der Waals surface area contributed by atoms with E-state index in [1.165, 1.54) is 6.07 Å². The van der Waals surface area contributed by atoms with Crippen molar-refractivity contribution in [3.63, 3.8) is 0 Å². The molecule has 0 aromatic heterocycles. The van der Waals surface area contributed by atoms with Crippen molar-refractivity contribution in [2.75, 3.05) is 6.54 Å². The van der Waals surface area contributed by atoms with Crippen LogP contribution in [0, 0.1) is 5.82 Å². The van der Waals surface area contributed by atoms with E-state index >= 15 is 0 Å². The minimum absolute atomic E-state index is 0.133. The zero-order valence-electron chi connectivity index (χ0n) is 11.8. The summed E-state index contributed by atoms with van der Waals surface area (Å²) in [6.07, 6.45) is 0.665. The third kappa shape index (κ3) is 3.11. The molecule has 2 nitrogen and oxygen atoms in total. The standard InChI is InChI=1S/C17H17BrFNO/c1-2-20-15-10-16(11-4-3-5-13(19)8-11)21-17-9-12(18)6-7-14(15)17/h3-9,15-16,20H,2,10H2,1H3. The fraction of sp³-hybridized carbons (Fsp3) is 0.294. The van der Waals surface area contributed by atoms with E-state index in [1.54, 1.807) is 12.1 Å². The summed E-state index contributed by atoms with van der Waals surface area (Å²) in [4.78, 5) is 0. The molecule has 0 aliphatic carbocycles. The van der Waals surface area contributed by atoms with Crippen LogP contribution in [-0.4, -0.2) is 6.54 Å². The highest BCUT2D eigenvalue weighted by Crippen LogP contribution is 2.41. The Hall–Kier alpha value is -1.39. The highest BCUT2D eigenvalue weighted by atomic mass is 79.9. The average Bonchev–Trinajstić information content (AvgIpc) is 2.47. The van der Waals surface area contributed by atoms with Gasteiger partial charge in [-0.1, -0.05) is 41.1 Å². The predicted octanol–water partition coefficient (Wildman–Crippen LogP) is 4.76. The van der Waals surface area contributed by atoms with Crippen molar-refractivity contribution in [1.29, 1.82) is 0 Å². The monoisotopic (exact) mass is 349 g/mol. The number of hydrogen-bond donors (Lipinski definition) is 1. The van der Waals surface area contributed by atoms with E-state index in [9.17, 15) is 4.39 Å². The summed E-state index contributed by atoms with van der Waals surface area (Å²) in [6.45, 7) is 2.97. The lowest BCUT2D eigenvalue weighted by Crippen LogP contribution is -2.29. The Morgan fingerprint density at radius 3 is 2.90 bits per heavy atom. The lowest BCUT2D eigenvalue weighted by molar-refractivity contribution is 0.151. The first-order chi connectivity index (χ1) is 10.2. The van der Waals surface area contributed by atoms with Crippen LogP contribution in [0.2, 0.25) is 0 Å². The Morgan fingerprint density at radius 1 is 1.29 bits per heavy atom. The van der Waals surface area contributed by atoms with Gasteiger partial charge in [0.1, 0.15) is 17.7 Å². The molecule has 0 amide bonds. The molecule has 1 aliphatic heterocycles. The highest BCUT2D eigenvalue weighted by Gasteiger charge is 2.29. The Labute approximate surface area is 132 Å². The van der Waals surface area contributed by atoms with Crippen LogP contribution in [0.25, 0.3) is 0 Å². The molecule has 0 radical (unpaired) electrons. The third-order valence-electron chi connectivity index (χ3n) is 3.74. The van der Waals surface area contributed by atoms with E-state index in [-0.39, 0.29) is 18.0 Å². The molecule has 2 unspecified atom stereocenters. The summed E-state index contributed by atoms with van der Waals surface area (Å²) >= 11 is 3.48. The van der Waals surface area contributed by atoms with Gasteiger partial charge in [-0.05, 0) is 36.4 Å². The maximum atomic E-state index is 13.4. The second kappa shape index (κ2) is 6.16. The van der Waals surface area contributed by atoms with Crippen LogP contribution in [0.4, 0.5) is 4.39 Å². The minimum atomic E-state index is -0.226. The first-order valence-electron chi connectivity index (χ1n) is 7.12. The summed E-state index contributed by atoms with van der Waals surface area (Å²) in [5, 5.41) is 3.49. The molecule has 4 heteroatoms. The molecule has 110 valence electrons. The van der Waals surface area contributed by atoms with Crippen molar-refractivity contribution >= 4 is 15.9 Å². The highest BCUT2D eigenvalue weighted by molar-refractivity contribution is 9.10. The molecule has 2 atom stereocenters. The van der Waals surface area contributed by atoms with E-state index in [2.05, 4.69) is 34.2 Å². The maximum Gasteiger partial charge on any atom is 0.126 e. The quantitative estimate of drug-likeness (QED) is 0.862. The normalized spacial score (nSPS) is 20.7.